The third kappa shape index (κ3) is 3.81. The fraction of sp³-hybridized carbons (Fsp3) is 0.333. The van der Waals surface area contributed by atoms with E-state index in [2.05, 4.69) is 4.74 Å². The Balaban J connectivity index is 2.98. The van der Waals surface area contributed by atoms with Crippen LogP contribution in [0.2, 0.25) is 15.1 Å². The van der Waals surface area contributed by atoms with Crippen molar-refractivity contribution in [3.8, 4) is 5.75 Å². The summed E-state index contributed by atoms with van der Waals surface area (Å²) < 4.78 is 41.9. The number of alkyl halides is 3. The molecule has 1 atom stereocenters. The second-order valence-corrected chi connectivity index (χ2v) is 4.30. The summed E-state index contributed by atoms with van der Waals surface area (Å²) in [4.78, 5) is 0. The van der Waals surface area contributed by atoms with Crippen LogP contribution in [0.3, 0.4) is 0 Å². The Kier molecular flexibility index (Phi) is 4.77. The zero-order valence-corrected chi connectivity index (χ0v) is 10.5. The first-order valence-corrected chi connectivity index (χ1v) is 5.47. The van der Waals surface area contributed by atoms with E-state index in [0.717, 1.165) is 6.07 Å². The molecule has 0 fully saturated rings. The zero-order chi connectivity index (χ0) is 13.2. The van der Waals surface area contributed by atoms with Crippen molar-refractivity contribution in [2.24, 2.45) is 5.73 Å². The van der Waals surface area contributed by atoms with Gasteiger partial charge in [0.25, 0.3) is 0 Å². The number of hydrogen-bond donors (Lipinski definition) is 1. The highest BCUT2D eigenvalue weighted by Gasteiger charge is 2.41. The van der Waals surface area contributed by atoms with Crippen molar-refractivity contribution in [2.45, 2.75) is 12.3 Å². The largest absolute Gasteiger partial charge is 0.478 e. The van der Waals surface area contributed by atoms with E-state index in [1.54, 1.807) is 0 Å². The number of nitrogens with two attached hydrogens (primary N) is 1. The van der Waals surface area contributed by atoms with Crippen LogP contribution < -0.4 is 10.5 Å². The topological polar surface area (TPSA) is 35.2 Å². The molecule has 0 bridgehead atoms. The predicted octanol–water partition coefficient (Wildman–Crippen LogP) is 3.92. The van der Waals surface area contributed by atoms with E-state index >= 15 is 0 Å². The second-order valence-electron chi connectivity index (χ2n) is 3.08. The van der Waals surface area contributed by atoms with Crippen LogP contribution in [0.4, 0.5) is 13.2 Å². The SMILES string of the molecule is NCC(Oc1cc(Cl)c(Cl)cc1Cl)C(F)(F)F. The summed E-state index contributed by atoms with van der Waals surface area (Å²) >= 11 is 16.9. The zero-order valence-electron chi connectivity index (χ0n) is 8.19. The van der Waals surface area contributed by atoms with Crippen LogP contribution in [0.25, 0.3) is 0 Å². The fourth-order valence-electron chi connectivity index (χ4n) is 0.996. The first kappa shape index (κ1) is 14.7. The summed E-state index contributed by atoms with van der Waals surface area (Å²) in [6.45, 7) is -0.722. The van der Waals surface area contributed by atoms with E-state index in [1.165, 1.54) is 6.07 Å². The molecule has 0 spiro atoms. The number of rotatable bonds is 3. The molecular weight excluding hydrogens is 301 g/mol. The van der Waals surface area contributed by atoms with Gasteiger partial charge in [0, 0.05) is 12.6 Å². The van der Waals surface area contributed by atoms with Gasteiger partial charge in [-0.25, -0.2) is 0 Å². The first-order chi connectivity index (χ1) is 7.75. The van der Waals surface area contributed by atoms with Crippen molar-refractivity contribution >= 4 is 34.8 Å². The maximum Gasteiger partial charge on any atom is 0.426 e. The third-order valence-electron chi connectivity index (χ3n) is 1.82. The summed E-state index contributed by atoms with van der Waals surface area (Å²) in [5.41, 5.74) is 4.98. The summed E-state index contributed by atoms with van der Waals surface area (Å²) in [6, 6.07) is 2.31. The summed E-state index contributed by atoms with van der Waals surface area (Å²) in [6.07, 6.45) is -6.72. The third-order valence-corrected chi connectivity index (χ3v) is 2.84. The number of ether oxygens (including phenoxy) is 1. The molecule has 0 aliphatic heterocycles. The molecule has 0 amide bonds. The Hall–Kier alpha value is -0.360. The minimum Gasteiger partial charge on any atom is -0.478 e. The lowest BCUT2D eigenvalue weighted by Crippen LogP contribution is -2.40. The van der Waals surface area contributed by atoms with Crippen molar-refractivity contribution in [2.75, 3.05) is 6.54 Å². The van der Waals surface area contributed by atoms with Gasteiger partial charge >= 0.3 is 6.18 Å². The molecule has 0 radical (unpaired) electrons. The molecule has 1 aromatic rings. The predicted molar refractivity (Wildman–Crippen MR) is 61.0 cm³/mol. The molecule has 0 aliphatic carbocycles. The lowest BCUT2D eigenvalue weighted by molar-refractivity contribution is -0.191. The maximum atomic E-state index is 12.4. The molecule has 1 rings (SSSR count). The molecule has 1 unspecified atom stereocenters. The molecular formula is C9H7Cl3F3NO. The van der Waals surface area contributed by atoms with Crippen LogP contribution in [-0.2, 0) is 0 Å². The summed E-state index contributed by atoms with van der Waals surface area (Å²) in [5, 5.41) is 0.103. The fourth-order valence-corrected chi connectivity index (χ4v) is 1.58. The highest BCUT2D eigenvalue weighted by Crippen LogP contribution is 2.35. The average molecular weight is 309 g/mol. The Bertz CT molecular complexity index is 411. The van der Waals surface area contributed by atoms with Crippen molar-refractivity contribution in [1.29, 1.82) is 0 Å². The van der Waals surface area contributed by atoms with E-state index in [4.69, 9.17) is 40.5 Å². The van der Waals surface area contributed by atoms with Gasteiger partial charge in [0.05, 0.1) is 15.1 Å². The average Bonchev–Trinajstić information content (AvgIpc) is 2.19. The smallest absolute Gasteiger partial charge is 0.426 e. The molecule has 17 heavy (non-hydrogen) atoms. The minimum absolute atomic E-state index is 0.0454. The molecule has 8 heteroatoms. The molecule has 2 N–H and O–H groups in total. The van der Waals surface area contributed by atoms with E-state index in [-0.39, 0.29) is 20.8 Å². The summed E-state index contributed by atoms with van der Waals surface area (Å²) in [7, 11) is 0. The monoisotopic (exact) mass is 307 g/mol. The highest BCUT2D eigenvalue weighted by molar-refractivity contribution is 6.43. The molecule has 0 saturated heterocycles. The lowest BCUT2D eigenvalue weighted by atomic mass is 10.3. The number of benzene rings is 1. The Morgan fingerprint density at radius 1 is 1.12 bits per heavy atom. The first-order valence-electron chi connectivity index (χ1n) is 4.33. The van der Waals surface area contributed by atoms with Gasteiger partial charge in [-0.1, -0.05) is 34.8 Å². The maximum absolute atomic E-state index is 12.4. The van der Waals surface area contributed by atoms with Gasteiger partial charge < -0.3 is 10.5 Å². The molecule has 96 valence electrons. The van der Waals surface area contributed by atoms with E-state index in [0.29, 0.717) is 0 Å². The number of halogens is 6. The van der Waals surface area contributed by atoms with Gasteiger partial charge in [-0.2, -0.15) is 13.2 Å². The van der Waals surface area contributed by atoms with Crippen LogP contribution in [0.5, 0.6) is 5.75 Å². The van der Waals surface area contributed by atoms with Gasteiger partial charge in [-0.05, 0) is 6.07 Å². The van der Waals surface area contributed by atoms with Gasteiger partial charge in [0.2, 0.25) is 6.10 Å². The standard InChI is InChI=1S/C9H7Cl3F3NO/c10-4-1-6(12)7(2-5(4)11)17-8(3-16)9(13,14)15/h1-2,8H,3,16H2. The van der Waals surface area contributed by atoms with Crippen LogP contribution in [0.15, 0.2) is 12.1 Å². The lowest BCUT2D eigenvalue weighted by Gasteiger charge is -2.21. The molecule has 0 heterocycles. The van der Waals surface area contributed by atoms with E-state index in [1.807, 2.05) is 0 Å². The summed E-state index contributed by atoms with van der Waals surface area (Å²) in [5.74, 6) is -0.214. The van der Waals surface area contributed by atoms with Gasteiger partial charge in [-0.3, -0.25) is 0 Å². The van der Waals surface area contributed by atoms with Crippen molar-refractivity contribution in [3.63, 3.8) is 0 Å². The van der Waals surface area contributed by atoms with Gasteiger partial charge in [0.1, 0.15) is 5.75 Å². The van der Waals surface area contributed by atoms with Crippen molar-refractivity contribution < 1.29 is 17.9 Å². The van der Waals surface area contributed by atoms with Crippen LogP contribution in [0.1, 0.15) is 0 Å². The van der Waals surface area contributed by atoms with Crippen LogP contribution >= 0.6 is 34.8 Å². The van der Waals surface area contributed by atoms with Gasteiger partial charge in [0.15, 0.2) is 0 Å². The van der Waals surface area contributed by atoms with Crippen molar-refractivity contribution in [1.82, 2.24) is 0 Å². The molecule has 0 aliphatic rings. The highest BCUT2D eigenvalue weighted by atomic mass is 35.5. The quantitative estimate of drug-likeness (QED) is 0.859. The van der Waals surface area contributed by atoms with Crippen LogP contribution in [0, 0.1) is 0 Å². The Labute approximate surface area is 110 Å². The number of hydrogen-bond acceptors (Lipinski definition) is 2. The second kappa shape index (κ2) is 5.52. The Morgan fingerprint density at radius 2 is 1.65 bits per heavy atom. The van der Waals surface area contributed by atoms with Gasteiger partial charge in [-0.15, -0.1) is 0 Å². The minimum atomic E-state index is -4.58. The molecule has 0 aromatic heterocycles. The molecule has 2 nitrogen and oxygen atoms in total. The van der Waals surface area contributed by atoms with Crippen molar-refractivity contribution in [3.05, 3.63) is 27.2 Å². The van der Waals surface area contributed by atoms with E-state index in [9.17, 15) is 13.2 Å². The molecule has 1 aromatic carbocycles. The normalized spacial score (nSPS) is 13.6. The molecule has 0 saturated carbocycles. The Morgan fingerprint density at radius 3 is 2.12 bits per heavy atom. The van der Waals surface area contributed by atoms with Crippen LogP contribution in [-0.4, -0.2) is 18.8 Å². The van der Waals surface area contributed by atoms with E-state index < -0.39 is 18.8 Å².